The van der Waals surface area contributed by atoms with Crippen molar-refractivity contribution < 1.29 is 14.3 Å². The topological polar surface area (TPSA) is 29.5 Å². The highest BCUT2D eigenvalue weighted by atomic mass is 16.5. The van der Waals surface area contributed by atoms with Crippen molar-refractivity contribution in [2.45, 2.75) is 45.1 Å². The van der Waals surface area contributed by atoms with Gasteiger partial charge in [0, 0.05) is 24.3 Å². The Hall–Kier alpha value is -2.00. The first-order valence-electron chi connectivity index (χ1n) is 10.3. The van der Waals surface area contributed by atoms with Gasteiger partial charge in [-0.3, -0.25) is 0 Å². The largest absolute Gasteiger partial charge is 0.504 e. The first-order valence-corrected chi connectivity index (χ1v) is 10.3. The summed E-state index contributed by atoms with van der Waals surface area (Å²) >= 11 is 0. The number of benzene rings is 2. The number of methoxy groups -OCH3 is 1. The van der Waals surface area contributed by atoms with E-state index >= 15 is 0 Å². The Morgan fingerprint density at radius 3 is 2.63 bits per heavy atom. The Labute approximate surface area is 163 Å². The first-order chi connectivity index (χ1) is 13.0. The molecule has 3 nitrogen and oxygen atoms in total. The van der Waals surface area contributed by atoms with Crippen molar-refractivity contribution >= 4 is 0 Å². The third kappa shape index (κ3) is 3.58. The van der Waals surface area contributed by atoms with E-state index in [1.807, 2.05) is 12.1 Å². The highest BCUT2D eigenvalue weighted by Gasteiger charge is 2.41. The lowest BCUT2D eigenvalue weighted by molar-refractivity contribution is -0.945. The monoisotopic (exact) mass is 366 g/mol. The van der Waals surface area contributed by atoms with E-state index < -0.39 is 0 Å². The lowest BCUT2D eigenvalue weighted by atomic mass is 9.80. The number of nitrogens with zero attached hydrogens (tertiary/aromatic N) is 1. The summed E-state index contributed by atoms with van der Waals surface area (Å²) in [6.07, 6.45) is 6.31. The van der Waals surface area contributed by atoms with Gasteiger partial charge in [0.15, 0.2) is 11.5 Å². The van der Waals surface area contributed by atoms with Gasteiger partial charge >= 0.3 is 0 Å². The van der Waals surface area contributed by atoms with Crippen molar-refractivity contribution in [3.63, 3.8) is 0 Å². The molecule has 0 aromatic heterocycles. The van der Waals surface area contributed by atoms with Crippen LogP contribution in [0.3, 0.4) is 0 Å². The standard InChI is InChI=1S/C24H31NO2/c1-17-7-9-21-20(13-17)11-12-25(2,16-18-5-4-6-18)22(21)14-19-8-10-24(27-3)23(26)15-19/h7-10,13,15,18,22H,4-6,11-12,14,16H2,1-3H3/p+1/t22-,25+/m0/s1. The summed E-state index contributed by atoms with van der Waals surface area (Å²) in [4.78, 5) is 0. The first kappa shape index (κ1) is 18.4. The van der Waals surface area contributed by atoms with Crippen LogP contribution in [0.5, 0.6) is 11.5 Å². The summed E-state index contributed by atoms with van der Waals surface area (Å²) in [5.41, 5.74) is 5.56. The second kappa shape index (κ2) is 7.20. The fraction of sp³-hybridized carbons (Fsp3) is 0.500. The van der Waals surface area contributed by atoms with Crippen LogP contribution in [-0.4, -0.2) is 36.8 Å². The zero-order chi connectivity index (χ0) is 19.0. The molecule has 0 unspecified atom stereocenters. The quantitative estimate of drug-likeness (QED) is 0.771. The molecule has 2 aromatic carbocycles. The smallest absolute Gasteiger partial charge is 0.160 e. The van der Waals surface area contributed by atoms with Crippen LogP contribution >= 0.6 is 0 Å². The predicted molar refractivity (Wildman–Crippen MR) is 109 cm³/mol. The Kier molecular flexibility index (Phi) is 4.90. The predicted octanol–water partition coefficient (Wildman–Crippen LogP) is 4.80. The molecule has 2 aliphatic rings. The molecular weight excluding hydrogens is 334 g/mol. The molecule has 1 N–H and O–H groups in total. The van der Waals surface area contributed by atoms with Gasteiger partial charge in [-0.2, -0.15) is 0 Å². The minimum atomic E-state index is 0.239. The van der Waals surface area contributed by atoms with Gasteiger partial charge in [0.25, 0.3) is 0 Å². The third-order valence-electron chi connectivity index (χ3n) is 6.87. The van der Waals surface area contributed by atoms with Crippen LogP contribution in [0, 0.1) is 12.8 Å². The van der Waals surface area contributed by atoms with Gasteiger partial charge in [0.05, 0.1) is 27.2 Å². The fourth-order valence-electron chi connectivity index (χ4n) is 5.04. The number of likely N-dealkylation sites (N-methyl/N-ethyl adjacent to an activating group) is 1. The minimum Gasteiger partial charge on any atom is -0.504 e. The van der Waals surface area contributed by atoms with E-state index in [2.05, 4.69) is 38.2 Å². The van der Waals surface area contributed by atoms with E-state index in [0.717, 1.165) is 16.8 Å². The van der Waals surface area contributed by atoms with E-state index in [4.69, 9.17) is 4.74 Å². The fourth-order valence-corrected chi connectivity index (χ4v) is 5.04. The van der Waals surface area contributed by atoms with Crippen molar-refractivity contribution in [1.29, 1.82) is 0 Å². The second-order valence-electron chi connectivity index (χ2n) is 8.86. The molecule has 0 bridgehead atoms. The summed E-state index contributed by atoms with van der Waals surface area (Å²) in [5.74, 6) is 1.67. The van der Waals surface area contributed by atoms with Crippen molar-refractivity contribution in [3.05, 3.63) is 58.7 Å². The zero-order valence-corrected chi connectivity index (χ0v) is 16.9. The van der Waals surface area contributed by atoms with Crippen molar-refractivity contribution in [3.8, 4) is 11.5 Å². The van der Waals surface area contributed by atoms with Crippen LogP contribution in [-0.2, 0) is 12.8 Å². The number of quaternary nitrogens is 1. The van der Waals surface area contributed by atoms with Crippen LogP contribution in [0.15, 0.2) is 36.4 Å². The normalized spacial score (nSPS) is 24.9. The average molecular weight is 367 g/mol. The van der Waals surface area contributed by atoms with Gasteiger partial charge in [-0.1, -0.05) is 36.2 Å². The highest BCUT2D eigenvalue weighted by Crippen LogP contribution is 2.41. The molecule has 1 aliphatic carbocycles. The van der Waals surface area contributed by atoms with Crippen LogP contribution in [0.2, 0.25) is 0 Å². The molecule has 2 atom stereocenters. The molecule has 3 heteroatoms. The zero-order valence-electron chi connectivity index (χ0n) is 16.9. The molecule has 1 saturated carbocycles. The Balaban J connectivity index is 1.68. The summed E-state index contributed by atoms with van der Waals surface area (Å²) in [7, 11) is 4.05. The van der Waals surface area contributed by atoms with Crippen molar-refractivity contribution in [1.82, 2.24) is 0 Å². The Bertz CT molecular complexity index is 827. The SMILES string of the molecule is COc1ccc(C[C@H]2c3ccc(C)cc3CC[N@+]2(C)CC2CCC2)cc1O. The minimum absolute atomic E-state index is 0.239. The number of fused-ring (bicyclic) bond motifs is 1. The van der Waals surface area contributed by atoms with Gasteiger partial charge in [-0.25, -0.2) is 0 Å². The summed E-state index contributed by atoms with van der Waals surface area (Å²) < 4.78 is 6.34. The van der Waals surface area contributed by atoms with Crippen molar-refractivity contribution in [2.24, 2.45) is 5.92 Å². The molecule has 0 radical (unpaired) electrons. The number of hydrogen-bond donors (Lipinski definition) is 1. The lowest BCUT2D eigenvalue weighted by Crippen LogP contribution is -2.55. The van der Waals surface area contributed by atoms with Crippen LogP contribution in [0.4, 0.5) is 0 Å². The number of rotatable bonds is 5. The van der Waals surface area contributed by atoms with Gasteiger partial charge in [-0.15, -0.1) is 0 Å². The van der Waals surface area contributed by atoms with E-state index in [1.165, 1.54) is 61.0 Å². The van der Waals surface area contributed by atoms with Gasteiger partial charge < -0.3 is 14.3 Å². The van der Waals surface area contributed by atoms with Crippen LogP contribution in [0.25, 0.3) is 0 Å². The molecule has 27 heavy (non-hydrogen) atoms. The molecule has 2 aromatic rings. The maximum absolute atomic E-state index is 10.2. The maximum atomic E-state index is 10.2. The van der Waals surface area contributed by atoms with Crippen LogP contribution in [0.1, 0.15) is 47.6 Å². The molecule has 1 aliphatic heterocycles. The Morgan fingerprint density at radius 1 is 1.15 bits per heavy atom. The summed E-state index contributed by atoms with van der Waals surface area (Å²) in [6, 6.07) is 13.3. The Morgan fingerprint density at radius 2 is 1.96 bits per heavy atom. The number of hydrogen-bond acceptors (Lipinski definition) is 2. The molecule has 0 amide bonds. The molecule has 0 spiro atoms. The molecule has 0 saturated heterocycles. The third-order valence-corrected chi connectivity index (χ3v) is 6.87. The van der Waals surface area contributed by atoms with Crippen molar-refractivity contribution in [2.75, 3.05) is 27.2 Å². The average Bonchev–Trinajstić information content (AvgIpc) is 2.61. The summed E-state index contributed by atoms with van der Waals surface area (Å²) in [6.45, 7) is 4.67. The second-order valence-corrected chi connectivity index (χ2v) is 8.86. The highest BCUT2D eigenvalue weighted by molar-refractivity contribution is 5.43. The molecule has 1 heterocycles. The number of aromatic hydroxyl groups is 1. The molecular formula is C24H32NO2+. The van der Waals surface area contributed by atoms with E-state index in [1.54, 1.807) is 7.11 Å². The summed E-state index contributed by atoms with van der Waals surface area (Å²) in [5, 5.41) is 10.2. The number of aryl methyl sites for hydroxylation is 1. The van der Waals surface area contributed by atoms with E-state index in [0.29, 0.717) is 11.8 Å². The van der Waals surface area contributed by atoms with Gasteiger partial charge in [0.1, 0.15) is 6.04 Å². The van der Waals surface area contributed by atoms with Gasteiger partial charge in [-0.05, 0) is 43.0 Å². The number of phenols is 1. The van der Waals surface area contributed by atoms with Gasteiger partial charge in [0.2, 0.25) is 0 Å². The maximum Gasteiger partial charge on any atom is 0.160 e. The lowest BCUT2D eigenvalue weighted by Gasteiger charge is -2.48. The van der Waals surface area contributed by atoms with E-state index in [9.17, 15) is 5.11 Å². The number of ether oxygens (including phenoxy) is 1. The van der Waals surface area contributed by atoms with E-state index in [-0.39, 0.29) is 5.75 Å². The molecule has 4 rings (SSSR count). The van der Waals surface area contributed by atoms with Crippen LogP contribution < -0.4 is 4.74 Å². The molecule has 1 fully saturated rings. The molecule has 144 valence electrons. The number of phenolic OH excluding ortho intramolecular Hbond substituents is 1.